The Bertz CT molecular complexity index is 525. The van der Waals surface area contributed by atoms with E-state index in [-0.39, 0.29) is 24.8 Å². The number of carbonyl (C=O) groups excluding carboxylic acids is 2. The predicted molar refractivity (Wildman–Crippen MR) is 104 cm³/mol. The average molecular weight is 363 g/mol. The van der Waals surface area contributed by atoms with Gasteiger partial charge in [0.1, 0.15) is 5.75 Å². The lowest BCUT2D eigenvalue weighted by Gasteiger charge is -2.07. The molecule has 1 rings (SSSR count). The van der Waals surface area contributed by atoms with Gasteiger partial charge >= 0.3 is 11.9 Å². The standard InChI is InChI=1S/C22H34O4/c1-3-4-5-6-7-8-9-12-18-25-21(23)16-13-17-22(24)26-20-15-11-10-14-19(20)2/h10-11,14-15H,3-9,12-13,16-18H2,1-2H3. The van der Waals surface area contributed by atoms with Crippen molar-refractivity contribution in [2.45, 2.75) is 84.5 Å². The van der Waals surface area contributed by atoms with E-state index in [2.05, 4.69) is 6.92 Å². The molecule has 0 aromatic heterocycles. The van der Waals surface area contributed by atoms with Crippen LogP contribution in [0.1, 0.15) is 83.1 Å². The van der Waals surface area contributed by atoms with Crippen molar-refractivity contribution in [3.8, 4) is 5.75 Å². The van der Waals surface area contributed by atoms with Gasteiger partial charge in [0.2, 0.25) is 0 Å². The van der Waals surface area contributed by atoms with E-state index in [0.717, 1.165) is 18.4 Å². The molecule has 0 aliphatic heterocycles. The maximum absolute atomic E-state index is 11.8. The van der Waals surface area contributed by atoms with E-state index < -0.39 is 0 Å². The molecule has 4 nitrogen and oxygen atoms in total. The Morgan fingerprint density at radius 3 is 2.12 bits per heavy atom. The molecule has 0 aliphatic carbocycles. The van der Waals surface area contributed by atoms with Crippen LogP contribution in [0.5, 0.6) is 5.75 Å². The third kappa shape index (κ3) is 10.9. The van der Waals surface area contributed by atoms with Crippen LogP contribution in [-0.2, 0) is 14.3 Å². The summed E-state index contributed by atoms with van der Waals surface area (Å²) in [5.74, 6) is 0.0431. The lowest BCUT2D eigenvalue weighted by Crippen LogP contribution is -2.11. The Labute approximate surface area is 158 Å². The second kappa shape index (κ2) is 14.3. The number of hydrogen-bond donors (Lipinski definition) is 0. The molecule has 0 heterocycles. The van der Waals surface area contributed by atoms with Gasteiger partial charge in [0.05, 0.1) is 6.61 Å². The summed E-state index contributed by atoms with van der Waals surface area (Å²) in [5, 5.41) is 0. The molecule has 0 spiro atoms. The van der Waals surface area contributed by atoms with Crippen LogP contribution in [0.15, 0.2) is 24.3 Å². The van der Waals surface area contributed by atoms with Gasteiger partial charge in [-0.05, 0) is 31.4 Å². The minimum absolute atomic E-state index is 0.223. The SMILES string of the molecule is CCCCCCCCCCOC(=O)CCCC(=O)Oc1ccccc1C. The summed E-state index contributed by atoms with van der Waals surface area (Å²) >= 11 is 0. The van der Waals surface area contributed by atoms with Crippen LogP contribution in [0.25, 0.3) is 0 Å². The molecule has 0 saturated heterocycles. The zero-order chi connectivity index (χ0) is 19.0. The first-order valence-electron chi connectivity index (χ1n) is 10.1. The van der Waals surface area contributed by atoms with E-state index in [9.17, 15) is 9.59 Å². The summed E-state index contributed by atoms with van der Waals surface area (Å²) in [6.07, 6.45) is 10.7. The van der Waals surface area contributed by atoms with E-state index in [1.165, 1.54) is 38.5 Å². The molecule has 1 aromatic carbocycles. The van der Waals surface area contributed by atoms with E-state index in [4.69, 9.17) is 9.47 Å². The molecule has 0 atom stereocenters. The largest absolute Gasteiger partial charge is 0.466 e. The van der Waals surface area contributed by atoms with Crippen molar-refractivity contribution in [3.05, 3.63) is 29.8 Å². The maximum Gasteiger partial charge on any atom is 0.311 e. The Morgan fingerprint density at radius 1 is 0.808 bits per heavy atom. The highest BCUT2D eigenvalue weighted by Gasteiger charge is 2.09. The molecule has 0 amide bonds. The van der Waals surface area contributed by atoms with Crippen molar-refractivity contribution in [2.75, 3.05) is 6.61 Å². The Balaban J connectivity index is 1.98. The van der Waals surface area contributed by atoms with E-state index in [0.29, 0.717) is 18.8 Å². The highest BCUT2D eigenvalue weighted by Crippen LogP contribution is 2.17. The fourth-order valence-electron chi connectivity index (χ4n) is 2.72. The molecule has 0 radical (unpaired) electrons. The first-order chi connectivity index (χ1) is 12.6. The monoisotopic (exact) mass is 362 g/mol. The van der Waals surface area contributed by atoms with Gasteiger partial charge < -0.3 is 9.47 Å². The van der Waals surface area contributed by atoms with E-state index in [1.807, 2.05) is 25.1 Å². The van der Waals surface area contributed by atoms with Gasteiger partial charge in [-0.25, -0.2) is 0 Å². The number of rotatable bonds is 14. The lowest BCUT2D eigenvalue weighted by molar-refractivity contribution is -0.144. The fraction of sp³-hybridized carbons (Fsp3) is 0.636. The molecule has 4 heteroatoms. The molecular weight excluding hydrogens is 328 g/mol. The zero-order valence-electron chi connectivity index (χ0n) is 16.4. The summed E-state index contributed by atoms with van der Waals surface area (Å²) < 4.78 is 10.5. The normalized spacial score (nSPS) is 10.5. The smallest absolute Gasteiger partial charge is 0.311 e. The topological polar surface area (TPSA) is 52.6 Å². The number of benzene rings is 1. The van der Waals surface area contributed by atoms with Crippen molar-refractivity contribution < 1.29 is 19.1 Å². The van der Waals surface area contributed by atoms with Crippen LogP contribution >= 0.6 is 0 Å². The van der Waals surface area contributed by atoms with Gasteiger partial charge in [-0.1, -0.05) is 70.1 Å². The molecule has 0 N–H and O–H groups in total. The van der Waals surface area contributed by atoms with Crippen molar-refractivity contribution in [3.63, 3.8) is 0 Å². The highest BCUT2D eigenvalue weighted by atomic mass is 16.5. The number of ether oxygens (including phenoxy) is 2. The summed E-state index contributed by atoms with van der Waals surface area (Å²) in [5.41, 5.74) is 0.922. The second-order valence-corrected chi connectivity index (χ2v) is 6.79. The molecule has 146 valence electrons. The lowest BCUT2D eigenvalue weighted by atomic mass is 10.1. The van der Waals surface area contributed by atoms with E-state index in [1.54, 1.807) is 6.07 Å². The zero-order valence-corrected chi connectivity index (χ0v) is 16.4. The number of esters is 2. The van der Waals surface area contributed by atoms with Gasteiger partial charge in [-0.3, -0.25) is 9.59 Å². The molecular formula is C22H34O4. The fourth-order valence-corrected chi connectivity index (χ4v) is 2.72. The molecule has 26 heavy (non-hydrogen) atoms. The second-order valence-electron chi connectivity index (χ2n) is 6.79. The highest BCUT2D eigenvalue weighted by molar-refractivity contribution is 5.74. The third-order valence-electron chi connectivity index (χ3n) is 4.34. The van der Waals surface area contributed by atoms with Crippen LogP contribution in [0, 0.1) is 6.92 Å². The first kappa shape index (κ1) is 22.2. The van der Waals surface area contributed by atoms with Crippen LogP contribution in [0.4, 0.5) is 0 Å². The summed E-state index contributed by atoms with van der Waals surface area (Å²) in [6.45, 7) is 4.61. The Morgan fingerprint density at radius 2 is 1.42 bits per heavy atom. The van der Waals surface area contributed by atoms with E-state index >= 15 is 0 Å². The molecule has 1 aromatic rings. The third-order valence-corrected chi connectivity index (χ3v) is 4.34. The van der Waals surface area contributed by atoms with Crippen LogP contribution in [0.3, 0.4) is 0 Å². The van der Waals surface area contributed by atoms with Crippen molar-refractivity contribution >= 4 is 11.9 Å². The minimum atomic E-state index is -0.310. The summed E-state index contributed by atoms with van der Waals surface area (Å²) in [4.78, 5) is 23.5. The molecule has 0 unspecified atom stereocenters. The van der Waals surface area contributed by atoms with Gasteiger partial charge in [0, 0.05) is 12.8 Å². The van der Waals surface area contributed by atoms with Crippen LogP contribution in [0.2, 0.25) is 0 Å². The molecule has 0 bridgehead atoms. The maximum atomic E-state index is 11.8. The van der Waals surface area contributed by atoms with Gasteiger partial charge in [-0.15, -0.1) is 0 Å². The van der Waals surface area contributed by atoms with Crippen LogP contribution in [-0.4, -0.2) is 18.5 Å². The van der Waals surface area contributed by atoms with Crippen molar-refractivity contribution in [1.29, 1.82) is 0 Å². The first-order valence-corrected chi connectivity index (χ1v) is 10.1. The molecule has 0 saturated carbocycles. The van der Waals surface area contributed by atoms with Crippen LogP contribution < -0.4 is 4.74 Å². The van der Waals surface area contributed by atoms with Crippen molar-refractivity contribution in [1.82, 2.24) is 0 Å². The number of aryl methyl sites for hydroxylation is 1. The van der Waals surface area contributed by atoms with Crippen molar-refractivity contribution in [2.24, 2.45) is 0 Å². The quantitative estimate of drug-likeness (QED) is 0.240. The predicted octanol–water partition coefficient (Wildman–Crippen LogP) is 5.75. The minimum Gasteiger partial charge on any atom is -0.466 e. The Kier molecular flexibility index (Phi) is 12.2. The average Bonchev–Trinajstić information content (AvgIpc) is 2.62. The molecule has 0 aliphatic rings. The summed E-state index contributed by atoms with van der Waals surface area (Å²) in [7, 11) is 0. The number of carbonyl (C=O) groups is 2. The van der Waals surface area contributed by atoms with Gasteiger partial charge in [-0.2, -0.15) is 0 Å². The number of hydrogen-bond acceptors (Lipinski definition) is 4. The number of unbranched alkanes of at least 4 members (excludes halogenated alkanes) is 7. The molecule has 0 fully saturated rings. The summed E-state index contributed by atoms with van der Waals surface area (Å²) in [6, 6.07) is 7.39. The van der Waals surface area contributed by atoms with Gasteiger partial charge in [0.25, 0.3) is 0 Å². The number of para-hydroxylation sites is 1. The van der Waals surface area contributed by atoms with Gasteiger partial charge in [0.15, 0.2) is 0 Å². The Hall–Kier alpha value is -1.84.